The SMILES string of the molecule is CCCCCS(=O)(=O)NC(=O)c1ccc2nc(C)n(Cc3ccc(-c4ccccc4)cc3Cl)c2c1. The number of aromatic nitrogens is 2. The topological polar surface area (TPSA) is 81.1 Å². The van der Waals surface area contributed by atoms with E-state index >= 15 is 0 Å². The highest BCUT2D eigenvalue weighted by molar-refractivity contribution is 7.90. The fourth-order valence-corrected chi connectivity index (χ4v) is 5.36. The summed E-state index contributed by atoms with van der Waals surface area (Å²) in [7, 11) is -3.68. The maximum Gasteiger partial charge on any atom is 0.264 e. The molecule has 1 aromatic heterocycles. The number of unbranched alkanes of at least 4 members (excludes halogenated alkanes) is 2. The van der Waals surface area contributed by atoms with Crippen molar-refractivity contribution in [2.24, 2.45) is 0 Å². The fraction of sp³-hybridized carbons (Fsp3) is 0.259. The third kappa shape index (κ3) is 5.92. The third-order valence-electron chi connectivity index (χ3n) is 5.95. The molecule has 0 spiro atoms. The van der Waals surface area contributed by atoms with Gasteiger partial charge in [-0.15, -0.1) is 0 Å². The van der Waals surface area contributed by atoms with E-state index in [1.54, 1.807) is 18.2 Å². The summed E-state index contributed by atoms with van der Waals surface area (Å²) in [6, 6.07) is 21.0. The van der Waals surface area contributed by atoms with Gasteiger partial charge >= 0.3 is 0 Å². The van der Waals surface area contributed by atoms with Crippen LogP contribution in [0.5, 0.6) is 0 Å². The van der Waals surface area contributed by atoms with E-state index in [2.05, 4.69) is 9.71 Å². The summed E-state index contributed by atoms with van der Waals surface area (Å²) < 4.78 is 28.7. The van der Waals surface area contributed by atoms with Crippen molar-refractivity contribution in [3.8, 4) is 11.1 Å². The molecule has 1 amide bonds. The molecule has 0 atom stereocenters. The molecule has 0 radical (unpaired) electrons. The number of aryl methyl sites for hydroxylation is 1. The van der Waals surface area contributed by atoms with Crippen molar-refractivity contribution < 1.29 is 13.2 Å². The molecule has 0 aliphatic carbocycles. The van der Waals surface area contributed by atoms with E-state index in [4.69, 9.17) is 11.6 Å². The van der Waals surface area contributed by atoms with Gasteiger partial charge in [0.05, 0.1) is 23.3 Å². The Morgan fingerprint density at radius 1 is 1.00 bits per heavy atom. The van der Waals surface area contributed by atoms with Crippen molar-refractivity contribution >= 4 is 38.6 Å². The normalized spacial score (nSPS) is 11.6. The number of carbonyl (C=O) groups is 1. The van der Waals surface area contributed by atoms with Gasteiger partial charge in [0.15, 0.2) is 0 Å². The molecular weight excluding hydrogens is 482 g/mol. The van der Waals surface area contributed by atoms with Crippen LogP contribution in [-0.4, -0.2) is 29.6 Å². The van der Waals surface area contributed by atoms with Gasteiger partial charge in [0.2, 0.25) is 10.0 Å². The van der Waals surface area contributed by atoms with Gasteiger partial charge in [0, 0.05) is 10.6 Å². The Bertz CT molecular complexity index is 1460. The van der Waals surface area contributed by atoms with E-state index in [-0.39, 0.29) is 11.3 Å². The number of benzene rings is 3. The van der Waals surface area contributed by atoms with Crippen LogP contribution in [0.3, 0.4) is 0 Å². The van der Waals surface area contributed by atoms with Crippen LogP contribution >= 0.6 is 11.6 Å². The van der Waals surface area contributed by atoms with Crippen LogP contribution in [0.2, 0.25) is 5.02 Å². The standard InChI is InChI=1S/C27H28ClN3O3S/c1-3-4-8-15-35(33,34)30-27(32)22-13-14-25-26(17-22)31(19(2)29-25)18-23-12-11-21(16-24(23)28)20-9-6-5-7-10-20/h5-7,9-14,16-17H,3-4,8,15,18H2,1-2H3,(H,30,32). The summed E-state index contributed by atoms with van der Waals surface area (Å²) in [5.41, 5.74) is 4.77. The van der Waals surface area contributed by atoms with E-state index in [0.717, 1.165) is 46.4 Å². The zero-order chi connectivity index (χ0) is 25.0. The molecule has 35 heavy (non-hydrogen) atoms. The van der Waals surface area contributed by atoms with Crippen molar-refractivity contribution in [3.05, 3.63) is 88.7 Å². The van der Waals surface area contributed by atoms with Crippen molar-refractivity contribution in [3.63, 3.8) is 0 Å². The summed E-state index contributed by atoms with van der Waals surface area (Å²) in [6.07, 6.45) is 2.23. The highest BCUT2D eigenvalue weighted by Gasteiger charge is 2.18. The van der Waals surface area contributed by atoms with Crippen molar-refractivity contribution in [1.29, 1.82) is 0 Å². The predicted octanol–water partition coefficient (Wildman–Crippen LogP) is 5.96. The lowest BCUT2D eigenvalue weighted by Crippen LogP contribution is -2.32. The second kappa shape index (κ2) is 10.6. The van der Waals surface area contributed by atoms with Crippen LogP contribution in [-0.2, 0) is 16.6 Å². The minimum atomic E-state index is -3.68. The lowest BCUT2D eigenvalue weighted by atomic mass is 10.0. The van der Waals surface area contributed by atoms with Gasteiger partial charge in [0.1, 0.15) is 5.82 Å². The molecule has 1 heterocycles. The second-order valence-electron chi connectivity index (χ2n) is 8.58. The first-order valence-electron chi connectivity index (χ1n) is 11.6. The smallest absolute Gasteiger partial charge is 0.264 e. The summed E-state index contributed by atoms with van der Waals surface area (Å²) in [5.74, 6) is 0.0653. The summed E-state index contributed by atoms with van der Waals surface area (Å²) in [5, 5.41) is 0.639. The first-order valence-corrected chi connectivity index (χ1v) is 13.7. The number of hydrogen-bond donors (Lipinski definition) is 1. The minimum Gasteiger partial charge on any atom is -0.324 e. The Morgan fingerprint density at radius 2 is 1.77 bits per heavy atom. The molecule has 0 saturated heterocycles. The van der Waals surface area contributed by atoms with Gasteiger partial charge in [-0.25, -0.2) is 18.1 Å². The molecule has 4 aromatic rings. The van der Waals surface area contributed by atoms with E-state index in [0.29, 0.717) is 18.0 Å². The number of sulfonamides is 1. The largest absolute Gasteiger partial charge is 0.324 e. The highest BCUT2D eigenvalue weighted by Crippen LogP contribution is 2.28. The van der Waals surface area contributed by atoms with Crippen LogP contribution < -0.4 is 4.72 Å². The van der Waals surface area contributed by atoms with E-state index in [1.165, 1.54) is 0 Å². The van der Waals surface area contributed by atoms with Crippen LogP contribution in [0.15, 0.2) is 66.7 Å². The van der Waals surface area contributed by atoms with Crippen LogP contribution in [0.1, 0.15) is 47.9 Å². The molecule has 4 rings (SSSR count). The molecule has 8 heteroatoms. The number of imidazole rings is 1. The molecule has 0 aliphatic rings. The first-order chi connectivity index (χ1) is 16.8. The number of carbonyl (C=O) groups excluding carboxylic acids is 1. The molecule has 0 unspecified atom stereocenters. The zero-order valence-electron chi connectivity index (χ0n) is 19.8. The lowest BCUT2D eigenvalue weighted by molar-refractivity contribution is 0.0981. The molecule has 6 nitrogen and oxygen atoms in total. The van der Waals surface area contributed by atoms with Gasteiger partial charge in [-0.05, 0) is 54.3 Å². The van der Waals surface area contributed by atoms with Crippen molar-refractivity contribution in [2.75, 3.05) is 5.75 Å². The number of amides is 1. The molecule has 0 saturated carbocycles. The van der Waals surface area contributed by atoms with E-state index < -0.39 is 15.9 Å². The molecule has 0 aliphatic heterocycles. The Hall–Kier alpha value is -3.16. The average Bonchev–Trinajstić information content (AvgIpc) is 3.14. The summed E-state index contributed by atoms with van der Waals surface area (Å²) >= 11 is 6.64. The third-order valence-corrected chi connectivity index (χ3v) is 7.63. The quantitative estimate of drug-likeness (QED) is 0.282. The summed E-state index contributed by atoms with van der Waals surface area (Å²) in [4.78, 5) is 17.3. The predicted molar refractivity (Wildman–Crippen MR) is 141 cm³/mol. The number of hydrogen-bond acceptors (Lipinski definition) is 4. The Labute approximate surface area is 211 Å². The highest BCUT2D eigenvalue weighted by atomic mass is 35.5. The van der Waals surface area contributed by atoms with E-state index in [9.17, 15) is 13.2 Å². The molecule has 1 N–H and O–H groups in total. The Morgan fingerprint density at radius 3 is 2.49 bits per heavy atom. The van der Waals surface area contributed by atoms with Crippen molar-refractivity contribution in [2.45, 2.75) is 39.7 Å². The zero-order valence-corrected chi connectivity index (χ0v) is 21.4. The monoisotopic (exact) mass is 509 g/mol. The summed E-state index contributed by atoms with van der Waals surface area (Å²) in [6.45, 7) is 4.36. The molecule has 0 fully saturated rings. The fourth-order valence-electron chi connectivity index (χ4n) is 4.03. The number of fused-ring (bicyclic) bond motifs is 1. The Balaban J connectivity index is 1.59. The van der Waals surface area contributed by atoms with Gasteiger partial charge in [-0.3, -0.25) is 4.79 Å². The minimum absolute atomic E-state index is 0.0661. The number of nitrogens with one attached hydrogen (secondary N) is 1. The first kappa shape index (κ1) is 24.9. The van der Waals surface area contributed by atoms with Crippen LogP contribution in [0.25, 0.3) is 22.2 Å². The Kier molecular flexibility index (Phi) is 7.57. The van der Waals surface area contributed by atoms with Gasteiger partial charge < -0.3 is 4.57 Å². The van der Waals surface area contributed by atoms with Gasteiger partial charge in [0.25, 0.3) is 5.91 Å². The average molecular weight is 510 g/mol. The van der Waals surface area contributed by atoms with Gasteiger partial charge in [-0.2, -0.15) is 0 Å². The number of halogens is 1. The van der Waals surface area contributed by atoms with Crippen LogP contribution in [0.4, 0.5) is 0 Å². The maximum atomic E-state index is 12.7. The molecule has 0 bridgehead atoms. The second-order valence-corrected chi connectivity index (χ2v) is 10.8. The van der Waals surface area contributed by atoms with Gasteiger partial charge in [-0.1, -0.05) is 73.8 Å². The van der Waals surface area contributed by atoms with E-state index in [1.807, 2.05) is 66.9 Å². The number of nitrogens with zero attached hydrogens (tertiary/aromatic N) is 2. The van der Waals surface area contributed by atoms with Crippen molar-refractivity contribution in [1.82, 2.24) is 14.3 Å². The molecule has 3 aromatic carbocycles. The maximum absolute atomic E-state index is 12.7. The lowest BCUT2D eigenvalue weighted by Gasteiger charge is -2.11. The number of rotatable bonds is 9. The molecule has 182 valence electrons. The molecular formula is C27H28ClN3O3S. The van der Waals surface area contributed by atoms with Crippen LogP contribution in [0, 0.1) is 6.92 Å².